The Labute approximate surface area is 138 Å². The SMILES string of the molecule is Clc1ncnc2c1c(I)cn2C1CCCCCCCC1. The second-order valence-corrected chi connectivity index (χ2v) is 7.12. The van der Waals surface area contributed by atoms with Gasteiger partial charge in [-0.1, -0.05) is 50.1 Å². The van der Waals surface area contributed by atoms with Crippen molar-refractivity contribution in [3.63, 3.8) is 0 Å². The number of aromatic nitrogens is 3. The van der Waals surface area contributed by atoms with Gasteiger partial charge < -0.3 is 4.57 Å². The number of fused-ring (bicyclic) bond motifs is 1. The van der Waals surface area contributed by atoms with Crippen molar-refractivity contribution in [3.05, 3.63) is 21.2 Å². The van der Waals surface area contributed by atoms with Crippen molar-refractivity contribution in [3.8, 4) is 0 Å². The summed E-state index contributed by atoms with van der Waals surface area (Å²) < 4.78 is 3.50. The third-order valence-electron chi connectivity index (χ3n) is 4.23. The molecule has 0 saturated heterocycles. The van der Waals surface area contributed by atoms with Crippen LogP contribution in [0.15, 0.2) is 12.5 Å². The molecule has 0 N–H and O–H groups in total. The van der Waals surface area contributed by atoms with Gasteiger partial charge in [0.25, 0.3) is 0 Å². The van der Waals surface area contributed by atoms with Crippen molar-refractivity contribution in [2.75, 3.05) is 0 Å². The Morgan fingerprint density at radius 2 is 1.70 bits per heavy atom. The predicted molar refractivity (Wildman–Crippen MR) is 91.2 cm³/mol. The highest BCUT2D eigenvalue weighted by Gasteiger charge is 2.19. The van der Waals surface area contributed by atoms with Crippen molar-refractivity contribution in [2.45, 2.75) is 57.4 Å². The fraction of sp³-hybridized carbons (Fsp3) is 0.600. The Bertz CT molecular complexity index is 586. The molecular formula is C15H19ClIN3. The van der Waals surface area contributed by atoms with Crippen LogP contribution in [0.2, 0.25) is 5.15 Å². The Balaban J connectivity index is 1.97. The van der Waals surface area contributed by atoms with Gasteiger partial charge in [0.05, 0.1) is 5.39 Å². The molecule has 2 aromatic rings. The number of hydrogen-bond donors (Lipinski definition) is 0. The summed E-state index contributed by atoms with van der Waals surface area (Å²) in [4.78, 5) is 8.59. The molecule has 0 atom stereocenters. The third kappa shape index (κ3) is 2.96. The second kappa shape index (κ2) is 6.60. The van der Waals surface area contributed by atoms with E-state index in [9.17, 15) is 0 Å². The average molecular weight is 404 g/mol. The van der Waals surface area contributed by atoms with Crippen LogP contribution in [0.4, 0.5) is 0 Å². The largest absolute Gasteiger partial charge is 0.328 e. The van der Waals surface area contributed by atoms with Gasteiger partial charge in [-0.3, -0.25) is 0 Å². The lowest BCUT2D eigenvalue weighted by atomic mass is 10.1. The molecule has 0 bridgehead atoms. The highest BCUT2D eigenvalue weighted by Crippen LogP contribution is 2.33. The zero-order chi connectivity index (χ0) is 13.9. The molecule has 1 fully saturated rings. The van der Waals surface area contributed by atoms with E-state index in [-0.39, 0.29) is 0 Å². The summed E-state index contributed by atoms with van der Waals surface area (Å²) in [7, 11) is 0. The minimum absolute atomic E-state index is 0.560. The smallest absolute Gasteiger partial charge is 0.146 e. The van der Waals surface area contributed by atoms with Gasteiger partial charge in [0.2, 0.25) is 0 Å². The van der Waals surface area contributed by atoms with Crippen LogP contribution < -0.4 is 0 Å². The third-order valence-corrected chi connectivity index (χ3v) is 5.34. The van der Waals surface area contributed by atoms with Gasteiger partial charge in [-0.25, -0.2) is 9.97 Å². The van der Waals surface area contributed by atoms with E-state index in [0.717, 1.165) is 14.6 Å². The summed E-state index contributed by atoms with van der Waals surface area (Å²) in [5.41, 5.74) is 0.999. The predicted octanol–water partition coefficient (Wildman–Crippen LogP) is 5.36. The highest BCUT2D eigenvalue weighted by atomic mass is 127. The molecule has 0 unspecified atom stereocenters. The van der Waals surface area contributed by atoms with Crippen LogP contribution >= 0.6 is 34.2 Å². The van der Waals surface area contributed by atoms with Crippen molar-refractivity contribution >= 4 is 45.2 Å². The fourth-order valence-electron chi connectivity index (χ4n) is 3.17. The molecule has 0 amide bonds. The number of halogens is 2. The van der Waals surface area contributed by atoms with Crippen LogP contribution in [0.3, 0.4) is 0 Å². The van der Waals surface area contributed by atoms with Crippen LogP contribution in [-0.4, -0.2) is 14.5 Å². The van der Waals surface area contributed by atoms with E-state index in [1.807, 2.05) is 0 Å². The van der Waals surface area contributed by atoms with Crippen LogP contribution in [0.25, 0.3) is 11.0 Å². The standard InChI is InChI=1S/C15H19ClIN3/c16-14-13-12(17)9-20(15(13)19-10-18-14)11-7-5-3-1-2-4-6-8-11/h9-11H,1-8H2. The molecule has 2 aromatic heterocycles. The average Bonchev–Trinajstić information content (AvgIpc) is 2.83. The lowest BCUT2D eigenvalue weighted by Gasteiger charge is -2.18. The van der Waals surface area contributed by atoms with E-state index in [2.05, 4.69) is 43.3 Å². The molecule has 0 aliphatic heterocycles. The zero-order valence-corrected chi connectivity index (χ0v) is 14.4. The van der Waals surface area contributed by atoms with Crippen molar-refractivity contribution in [2.24, 2.45) is 0 Å². The summed E-state index contributed by atoms with van der Waals surface area (Å²) in [6.07, 6.45) is 14.4. The first kappa shape index (κ1) is 14.6. The summed E-state index contributed by atoms with van der Waals surface area (Å²) in [6.45, 7) is 0. The maximum absolute atomic E-state index is 6.23. The molecule has 20 heavy (non-hydrogen) atoms. The zero-order valence-electron chi connectivity index (χ0n) is 11.5. The molecule has 108 valence electrons. The topological polar surface area (TPSA) is 30.7 Å². The number of nitrogens with zero attached hydrogens (tertiary/aromatic N) is 3. The minimum atomic E-state index is 0.560. The van der Waals surface area contributed by atoms with E-state index in [0.29, 0.717) is 11.2 Å². The maximum atomic E-state index is 6.23. The lowest BCUT2D eigenvalue weighted by Crippen LogP contribution is -2.08. The van der Waals surface area contributed by atoms with Gasteiger partial charge in [0, 0.05) is 15.8 Å². The van der Waals surface area contributed by atoms with Crippen molar-refractivity contribution in [1.29, 1.82) is 0 Å². The quantitative estimate of drug-likeness (QED) is 0.474. The van der Waals surface area contributed by atoms with Gasteiger partial charge in [-0.2, -0.15) is 0 Å². The molecule has 0 radical (unpaired) electrons. The van der Waals surface area contributed by atoms with Gasteiger partial charge in [0.1, 0.15) is 17.1 Å². The summed E-state index contributed by atoms with van der Waals surface area (Å²) in [5, 5.41) is 1.58. The molecule has 1 aliphatic rings. The first-order chi connectivity index (χ1) is 9.77. The van der Waals surface area contributed by atoms with Gasteiger partial charge in [-0.05, 0) is 35.4 Å². The Kier molecular flexibility index (Phi) is 4.81. The first-order valence-corrected chi connectivity index (χ1v) is 8.89. The lowest BCUT2D eigenvalue weighted by molar-refractivity contribution is 0.424. The molecule has 3 nitrogen and oxygen atoms in total. The molecular weight excluding hydrogens is 385 g/mol. The fourth-order valence-corrected chi connectivity index (χ4v) is 4.36. The van der Waals surface area contributed by atoms with Gasteiger partial charge >= 0.3 is 0 Å². The van der Waals surface area contributed by atoms with E-state index >= 15 is 0 Å². The van der Waals surface area contributed by atoms with Crippen LogP contribution in [0.1, 0.15) is 57.4 Å². The van der Waals surface area contributed by atoms with Crippen LogP contribution in [0.5, 0.6) is 0 Å². The van der Waals surface area contributed by atoms with Crippen LogP contribution in [0, 0.1) is 3.57 Å². The molecule has 3 rings (SSSR count). The normalized spacial score (nSPS) is 18.7. The summed E-state index contributed by atoms with van der Waals surface area (Å²) in [5.74, 6) is 0. The van der Waals surface area contributed by atoms with E-state index in [1.165, 1.54) is 51.4 Å². The Morgan fingerprint density at radius 1 is 1.05 bits per heavy atom. The molecule has 2 heterocycles. The van der Waals surface area contributed by atoms with Crippen LogP contribution in [-0.2, 0) is 0 Å². The summed E-state index contributed by atoms with van der Waals surface area (Å²) >= 11 is 8.57. The van der Waals surface area contributed by atoms with Crippen molar-refractivity contribution < 1.29 is 0 Å². The Hall–Kier alpha value is -0.360. The number of hydrogen-bond acceptors (Lipinski definition) is 2. The molecule has 5 heteroatoms. The minimum Gasteiger partial charge on any atom is -0.328 e. The van der Waals surface area contributed by atoms with Gasteiger partial charge in [-0.15, -0.1) is 0 Å². The highest BCUT2D eigenvalue weighted by molar-refractivity contribution is 14.1. The second-order valence-electron chi connectivity index (χ2n) is 5.60. The van der Waals surface area contributed by atoms with E-state index in [1.54, 1.807) is 6.33 Å². The Morgan fingerprint density at radius 3 is 2.40 bits per heavy atom. The molecule has 1 saturated carbocycles. The maximum Gasteiger partial charge on any atom is 0.146 e. The molecule has 0 spiro atoms. The van der Waals surface area contributed by atoms with Crippen molar-refractivity contribution in [1.82, 2.24) is 14.5 Å². The number of rotatable bonds is 1. The molecule has 1 aliphatic carbocycles. The summed E-state index contributed by atoms with van der Waals surface area (Å²) in [6, 6.07) is 0.560. The monoisotopic (exact) mass is 403 g/mol. The van der Waals surface area contributed by atoms with Gasteiger partial charge in [0.15, 0.2) is 0 Å². The first-order valence-electron chi connectivity index (χ1n) is 7.44. The van der Waals surface area contributed by atoms with E-state index in [4.69, 9.17) is 11.6 Å². The molecule has 0 aromatic carbocycles. The van der Waals surface area contributed by atoms with E-state index < -0.39 is 0 Å².